The molecule has 0 heterocycles. The van der Waals surface area contributed by atoms with Crippen LogP contribution in [0.2, 0.25) is 5.02 Å². The summed E-state index contributed by atoms with van der Waals surface area (Å²) in [6, 6.07) is 10.8. The van der Waals surface area contributed by atoms with Crippen LogP contribution in [0.1, 0.15) is 10.4 Å². The first-order valence-electron chi connectivity index (χ1n) is 7.55. The van der Waals surface area contributed by atoms with Crippen molar-refractivity contribution >= 4 is 29.3 Å². The van der Waals surface area contributed by atoms with E-state index in [0.717, 1.165) is 10.6 Å². The van der Waals surface area contributed by atoms with Crippen molar-refractivity contribution in [1.82, 2.24) is 5.32 Å². The number of hydrogen-bond acceptors (Lipinski definition) is 5. The van der Waals surface area contributed by atoms with Gasteiger partial charge in [0.1, 0.15) is 5.75 Å². The van der Waals surface area contributed by atoms with Gasteiger partial charge in [-0.25, -0.2) is 0 Å². The maximum Gasteiger partial charge on any atom is 0.255 e. The van der Waals surface area contributed by atoms with Crippen molar-refractivity contribution in [3.8, 4) is 17.2 Å². The van der Waals surface area contributed by atoms with E-state index < -0.39 is 0 Å². The lowest BCUT2D eigenvalue weighted by Gasteiger charge is -2.14. The Bertz CT molecular complexity index is 722. The topological polar surface area (TPSA) is 56.8 Å². The van der Waals surface area contributed by atoms with Crippen molar-refractivity contribution in [2.24, 2.45) is 0 Å². The Hall–Kier alpha value is -2.05. The van der Waals surface area contributed by atoms with Crippen molar-refractivity contribution in [3.63, 3.8) is 0 Å². The number of halogens is 1. The molecule has 0 aromatic heterocycles. The molecule has 0 aliphatic rings. The van der Waals surface area contributed by atoms with Crippen LogP contribution in [-0.4, -0.2) is 39.5 Å². The minimum atomic E-state index is -0.227. The number of thioether (sulfide) groups is 1. The van der Waals surface area contributed by atoms with E-state index in [2.05, 4.69) is 5.32 Å². The molecule has 2 aromatic carbocycles. The number of rotatable bonds is 8. The average Bonchev–Trinajstić information content (AvgIpc) is 2.65. The lowest BCUT2D eigenvalue weighted by molar-refractivity contribution is 0.0952. The molecule has 0 aliphatic heterocycles. The lowest BCUT2D eigenvalue weighted by atomic mass is 10.1. The Kier molecular flexibility index (Phi) is 7.28. The van der Waals surface area contributed by atoms with Gasteiger partial charge in [-0.15, -0.1) is 11.8 Å². The number of carbonyl (C=O) groups excluding carboxylic acids is 1. The van der Waals surface area contributed by atoms with Crippen molar-refractivity contribution in [3.05, 3.63) is 47.0 Å². The first-order valence-corrected chi connectivity index (χ1v) is 8.92. The van der Waals surface area contributed by atoms with E-state index in [1.165, 1.54) is 21.3 Å². The van der Waals surface area contributed by atoms with Crippen molar-refractivity contribution in [1.29, 1.82) is 0 Å². The van der Waals surface area contributed by atoms with E-state index in [4.69, 9.17) is 25.8 Å². The van der Waals surface area contributed by atoms with E-state index >= 15 is 0 Å². The second kappa shape index (κ2) is 9.44. The van der Waals surface area contributed by atoms with Crippen LogP contribution < -0.4 is 19.5 Å². The van der Waals surface area contributed by atoms with Crippen LogP contribution in [0, 0.1) is 0 Å². The van der Waals surface area contributed by atoms with Gasteiger partial charge in [-0.3, -0.25) is 4.79 Å². The fraction of sp³-hybridized carbons (Fsp3) is 0.278. The Labute approximate surface area is 156 Å². The van der Waals surface area contributed by atoms with Gasteiger partial charge in [-0.05, 0) is 24.3 Å². The van der Waals surface area contributed by atoms with Gasteiger partial charge in [0.2, 0.25) is 0 Å². The highest BCUT2D eigenvalue weighted by atomic mass is 35.5. The van der Waals surface area contributed by atoms with Crippen LogP contribution in [-0.2, 0) is 0 Å². The molecule has 0 saturated carbocycles. The van der Waals surface area contributed by atoms with Crippen molar-refractivity contribution in [2.75, 3.05) is 33.6 Å². The van der Waals surface area contributed by atoms with Gasteiger partial charge in [0.15, 0.2) is 11.5 Å². The zero-order valence-electron chi connectivity index (χ0n) is 14.3. The van der Waals surface area contributed by atoms with Crippen molar-refractivity contribution in [2.45, 2.75) is 4.90 Å². The molecule has 134 valence electrons. The molecular formula is C18H20ClNO4S. The zero-order chi connectivity index (χ0) is 18.2. The lowest BCUT2D eigenvalue weighted by Crippen LogP contribution is -2.26. The molecule has 0 saturated heterocycles. The highest BCUT2D eigenvalue weighted by Crippen LogP contribution is 2.34. The maximum atomic E-state index is 12.4. The normalized spacial score (nSPS) is 10.2. The number of carbonyl (C=O) groups is 1. The van der Waals surface area contributed by atoms with Gasteiger partial charge in [-0.2, -0.15) is 0 Å². The number of methoxy groups -OCH3 is 3. The summed E-state index contributed by atoms with van der Waals surface area (Å²) in [5.74, 6) is 1.93. The van der Waals surface area contributed by atoms with Crippen LogP contribution in [0.4, 0.5) is 0 Å². The molecule has 1 amide bonds. The Morgan fingerprint density at radius 3 is 2.20 bits per heavy atom. The van der Waals surface area contributed by atoms with E-state index in [1.54, 1.807) is 23.9 Å². The average molecular weight is 382 g/mol. The van der Waals surface area contributed by atoms with Crippen LogP contribution in [0.5, 0.6) is 17.2 Å². The van der Waals surface area contributed by atoms with Crippen LogP contribution in [0.15, 0.2) is 41.3 Å². The van der Waals surface area contributed by atoms with Gasteiger partial charge in [0, 0.05) is 34.3 Å². The van der Waals surface area contributed by atoms with E-state index in [9.17, 15) is 4.79 Å². The molecule has 0 radical (unpaired) electrons. The van der Waals surface area contributed by atoms with Crippen LogP contribution in [0.3, 0.4) is 0 Å². The van der Waals surface area contributed by atoms with E-state index in [1.807, 2.05) is 24.3 Å². The summed E-state index contributed by atoms with van der Waals surface area (Å²) >= 11 is 7.50. The molecule has 2 aromatic rings. The van der Waals surface area contributed by atoms with Gasteiger partial charge in [0.25, 0.3) is 5.91 Å². The van der Waals surface area contributed by atoms with Gasteiger partial charge >= 0.3 is 0 Å². The number of ether oxygens (including phenoxy) is 3. The first-order chi connectivity index (χ1) is 12.1. The number of hydrogen-bond donors (Lipinski definition) is 1. The second-order valence-electron chi connectivity index (χ2n) is 4.97. The van der Waals surface area contributed by atoms with Gasteiger partial charge in [-0.1, -0.05) is 11.6 Å². The smallest absolute Gasteiger partial charge is 0.255 e. The van der Waals surface area contributed by atoms with Crippen LogP contribution >= 0.6 is 23.4 Å². The summed E-state index contributed by atoms with van der Waals surface area (Å²) in [6.07, 6.45) is 0. The largest absolute Gasteiger partial charge is 0.496 e. The van der Waals surface area contributed by atoms with Crippen molar-refractivity contribution < 1.29 is 19.0 Å². The summed E-state index contributed by atoms with van der Waals surface area (Å²) in [6.45, 7) is 0.517. The number of nitrogens with one attached hydrogen (secondary N) is 1. The summed E-state index contributed by atoms with van der Waals surface area (Å²) in [5, 5.41) is 3.59. The summed E-state index contributed by atoms with van der Waals surface area (Å²) in [4.78, 5) is 13.5. The molecule has 25 heavy (non-hydrogen) atoms. The quantitative estimate of drug-likeness (QED) is 0.555. The molecule has 2 rings (SSSR count). The fourth-order valence-corrected chi connectivity index (χ4v) is 3.06. The Morgan fingerprint density at radius 1 is 1.00 bits per heavy atom. The Morgan fingerprint density at radius 2 is 1.60 bits per heavy atom. The zero-order valence-corrected chi connectivity index (χ0v) is 15.9. The summed E-state index contributed by atoms with van der Waals surface area (Å²) in [5.41, 5.74) is 0.400. The molecule has 0 bridgehead atoms. The molecule has 7 heteroatoms. The monoisotopic (exact) mass is 381 g/mol. The minimum absolute atomic E-state index is 0.227. The molecule has 0 spiro atoms. The molecule has 0 fully saturated rings. The number of amides is 1. The third-order valence-corrected chi connectivity index (χ3v) is 4.69. The molecule has 0 aliphatic carbocycles. The third-order valence-electron chi connectivity index (χ3n) is 3.42. The standard InChI is InChI=1S/C18H20ClNO4S/c1-22-15-11-17(24-3)16(23-2)10-14(15)18(21)20-8-9-25-13-6-4-12(19)5-7-13/h4-7,10-11H,8-9H2,1-3H3,(H,20,21). The fourth-order valence-electron chi connectivity index (χ4n) is 2.17. The Balaban J connectivity index is 1.96. The molecular weight excluding hydrogens is 362 g/mol. The van der Waals surface area contributed by atoms with E-state index in [-0.39, 0.29) is 5.91 Å². The second-order valence-corrected chi connectivity index (χ2v) is 6.57. The van der Waals surface area contributed by atoms with Gasteiger partial charge < -0.3 is 19.5 Å². The maximum absolute atomic E-state index is 12.4. The van der Waals surface area contributed by atoms with E-state index in [0.29, 0.717) is 34.4 Å². The molecule has 5 nitrogen and oxygen atoms in total. The summed E-state index contributed by atoms with van der Waals surface area (Å²) < 4.78 is 15.7. The highest BCUT2D eigenvalue weighted by molar-refractivity contribution is 7.99. The molecule has 0 unspecified atom stereocenters. The highest BCUT2D eigenvalue weighted by Gasteiger charge is 2.17. The van der Waals surface area contributed by atoms with Gasteiger partial charge in [0.05, 0.1) is 26.9 Å². The predicted molar refractivity (Wildman–Crippen MR) is 101 cm³/mol. The first kappa shape index (κ1) is 19.3. The third kappa shape index (κ3) is 5.21. The minimum Gasteiger partial charge on any atom is -0.496 e. The predicted octanol–water partition coefficient (Wildman–Crippen LogP) is 3.89. The SMILES string of the molecule is COc1cc(OC)c(C(=O)NCCSc2ccc(Cl)cc2)cc1OC. The summed E-state index contributed by atoms with van der Waals surface area (Å²) in [7, 11) is 4.56. The number of benzene rings is 2. The molecule has 0 atom stereocenters. The molecule has 1 N–H and O–H groups in total. The van der Waals surface area contributed by atoms with Crippen LogP contribution in [0.25, 0.3) is 0 Å².